The van der Waals surface area contributed by atoms with E-state index >= 15 is 4.39 Å². The van der Waals surface area contributed by atoms with Gasteiger partial charge in [-0.1, -0.05) is 12.1 Å². The van der Waals surface area contributed by atoms with Gasteiger partial charge in [-0.3, -0.25) is 13.9 Å². The number of amides is 1. The average molecular weight is 583 g/mol. The molecule has 4 aromatic rings. The van der Waals surface area contributed by atoms with Crippen molar-refractivity contribution in [1.82, 2.24) is 29.1 Å². The van der Waals surface area contributed by atoms with Gasteiger partial charge >= 0.3 is 12.1 Å². The van der Waals surface area contributed by atoms with Crippen molar-refractivity contribution in [2.45, 2.75) is 57.5 Å². The molecule has 0 bridgehead atoms. The summed E-state index contributed by atoms with van der Waals surface area (Å²) in [6, 6.07) is 10.3. The molecule has 2 aromatic heterocycles. The van der Waals surface area contributed by atoms with Gasteiger partial charge in [0, 0.05) is 37.2 Å². The third-order valence-electron chi connectivity index (χ3n) is 8.71. The van der Waals surface area contributed by atoms with E-state index < -0.39 is 18.1 Å². The Morgan fingerprint density at radius 1 is 1.00 bits per heavy atom. The molecule has 9 nitrogen and oxygen atoms in total. The average Bonchev–Trinajstić information content (AvgIpc) is 3.58. The van der Waals surface area contributed by atoms with E-state index in [4.69, 9.17) is 4.42 Å². The zero-order valence-electron chi connectivity index (χ0n) is 23.6. The molecule has 1 amide bonds. The first kappa shape index (κ1) is 28.2. The number of rotatable bonds is 6. The van der Waals surface area contributed by atoms with E-state index in [1.54, 1.807) is 11.5 Å². The maximum absolute atomic E-state index is 15.3. The van der Waals surface area contributed by atoms with Crippen LogP contribution in [0.15, 0.2) is 45.6 Å². The van der Waals surface area contributed by atoms with Crippen LogP contribution in [-0.2, 0) is 11.3 Å². The minimum absolute atomic E-state index is 0.00351. The Morgan fingerprint density at radius 3 is 2.38 bits per heavy atom. The van der Waals surface area contributed by atoms with Crippen LogP contribution in [0.4, 0.5) is 13.2 Å². The highest BCUT2D eigenvalue weighted by atomic mass is 19.3. The molecular weight excluding hydrogens is 549 g/mol. The van der Waals surface area contributed by atoms with Gasteiger partial charge in [-0.2, -0.15) is 8.78 Å². The second kappa shape index (κ2) is 11.4. The predicted molar refractivity (Wildman–Crippen MR) is 150 cm³/mol. The highest BCUT2D eigenvalue weighted by molar-refractivity contribution is 5.78. The van der Waals surface area contributed by atoms with Crippen LogP contribution in [0.1, 0.15) is 68.0 Å². The number of carbonyl (C=O) groups excluding carboxylic acids is 1. The third-order valence-corrected chi connectivity index (χ3v) is 8.71. The van der Waals surface area contributed by atoms with Crippen molar-refractivity contribution in [3.05, 3.63) is 69.7 Å². The van der Waals surface area contributed by atoms with Crippen LogP contribution in [0.3, 0.4) is 0 Å². The molecule has 42 heavy (non-hydrogen) atoms. The minimum atomic E-state index is -2.92. The summed E-state index contributed by atoms with van der Waals surface area (Å²) in [6.45, 7) is 4.79. The lowest BCUT2D eigenvalue weighted by Crippen LogP contribution is -2.36. The number of halogens is 3. The first-order valence-electron chi connectivity index (χ1n) is 14.3. The third kappa shape index (κ3) is 5.35. The van der Waals surface area contributed by atoms with E-state index in [-0.39, 0.29) is 47.1 Å². The number of aromatic nitrogens is 4. The molecule has 12 heteroatoms. The Labute approximate surface area is 240 Å². The van der Waals surface area contributed by atoms with Gasteiger partial charge in [-0.25, -0.2) is 9.18 Å². The standard InChI is InChI=1S/C30H33F3N6O3/c1-18(40)37-13-7-19(8-14-37)20-5-6-25-26(16-20)39(23-9-11-36(2)12-10-23)30(41)38(25)17-22-4-3-21(15-24(22)31)28-34-35-29(42-28)27(32)33/h3-6,15-16,19,23,27H,7-14,17H2,1-2H3. The summed E-state index contributed by atoms with van der Waals surface area (Å²) < 4.78 is 49.5. The van der Waals surface area contributed by atoms with Gasteiger partial charge < -0.3 is 14.2 Å². The van der Waals surface area contributed by atoms with Crippen molar-refractivity contribution in [1.29, 1.82) is 0 Å². The quantitative estimate of drug-likeness (QED) is 0.319. The SMILES string of the molecule is CC(=O)N1CCC(c2ccc3c(c2)n(C2CCN(C)CC2)c(=O)n3Cc2ccc(-c3nnc(C(F)F)o3)cc2F)CC1. The first-order chi connectivity index (χ1) is 20.2. The maximum Gasteiger partial charge on any atom is 0.329 e. The number of imidazole rings is 1. The molecule has 0 spiro atoms. The number of hydrogen-bond donors (Lipinski definition) is 0. The molecule has 222 valence electrons. The van der Waals surface area contributed by atoms with Gasteiger partial charge in [0.2, 0.25) is 11.8 Å². The Bertz CT molecular complexity index is 1660. The number of benzene rings is 2. The van der Waals surface area contributed by atoms with Gasteiger partial charge in [-0.15, -0.1) is 10.2 Å². The van der Waals surface area contributed by atoms with Gasteiger partial charge in [0.15, 0.2) is 0 Å². The normalized spacial score (nSPS) is 17.5. The molecule has 4 heterocycles. The van der Waals surface area contributed by atoms with E-state index in [0.717, 1.165) is 61.4 Å². The first-order valence-corrected chi connectivity index (χ1v) is 14.3. The summed E-state index contributed by atoms with van der Waals surface area (Å²) in [6.07, 6.45) is 0.481. The molecule has 2 aliphatic heterocycles. The monoisotopic (exact) mass is 582 g/mol. The Kier molecular flexibility index (Phi) is 7.65. The van der Waals surface area contributed by atoms with Crippen molar-refractivity contribution < 1.29 is 22.4 Å². The molecule has 0 N–H and O–H groups in total. The van der Waals surface area contributed by atoms with Gasteiger partial charge in [-0.05, 0) is 81.6 Å². The smallest absolute Gasteiger partial charge is 0.329 e. The second-order valence-corrected chi connectivity index (χ2v) is 11.4. The van der Waals surface area contributed by atoms with E-state index in [2.05, 4.69) is 28.2 Å². The summed E-state index contributed by atoms with van der Waals surface area (Å²) in [4.78, 5) is 29.9. The molecule has 6 rings (SSSR count). The van der Waals surface area contributed by atoms with Crippen LogP contribution in [0.2, 0.25) is 0 Å². The summed E-state index contributed by atoms with van der Waals surface area (Å²) in [7, 11) is 2.07. The van der Waals surface area contributed by atoms with Gasteiger partial charge in [0.1, 0.15) is 5.82 Å². The number of hydrogen-bond acceptors (Lipinski definition) is 6. The van der Waals surface area contributed by atoms with Crippen LogP contribution >= 0.6 is 0 Å². The Hall–Kier alpha value is -3.93. The Balaban J connectivity index is 1.35. The number of fused-ring (bicyclic) bond motifs is 1. The van der Waals surface area contributed by atoms with Crippen LogP contribution in [0, 0.1) is 5.82 Å². The van der Waals surface area contributed by atoms with Gasteiger partial charge in [0.05, 0.1) is 17.6 Å². The zero-order valence-corrected chi connectivity index (χ0v) is 23.6. The fourth-order valence-electron chi connectivity index (χ4n) is 6.26. The zero-order chi connectivity index (χ0) is 29.5. The van der Waals surface area contributed by atoms with Crippen molar-refractivity contribution in [2.24, 2.45) is 0 Å². The molecule has 0 atom stereocenters. The number of alkyl halides is 2. The van der Waals surface area contributed by atoms with E-state index in [1.807, 2.05) is 21.6 Å². The van der Waals surface area contributed by atoms with Crippen molar-refractivity contribution in [2.75, 3.05) is 33.2 Å². The molecule has 0 aliphatic carbocycles. The fourth-order valence-corrected chi connectivity index (χ4v) is 6.26. The predicted octanol–water partition coefficient (Wildman–Crippen LogP) is 4.97. The van der Waals surface area contributed by atoms with Crippen molar-refractivity contribution >= 4 is 16.9 Å². The summed E-state index contributed by atoms with van der Waals surface area (Å²) in [5.74, 6) is -1.26. The minimum Gasteiger partial charge on any atom is -0.415 e. The summed E-state index contributed by atoms with van der Waals surface area (Å²) in [5, 5.41) is 6.90. The Morgan fingerprint density at radius 2 is 1.74 bits per heavy atom. The van der Waals surface area contributed by atoms with Crippen LogP contribution in [0.25, 0.3) is 22.5 Å². The van der Waals surface area contributed by atoms with E-state index in [1.165, 1.54) is 12.1 Å². The summed E-state index contributed by atoms with van der Waals surface area (Å²) >= 11 is 0. The molecule has 0 unspecified atom stereocenters. The molecule has 2 saturated heterocycles. The number of piperidine rings is 2. The maximum atomic E-state index is 15.3. The highest BCUT2D eigenvalue weighted by Crippen LogP contribution is 2.33. The molecule has 2 aliphatic rings. The lowest BCUT2D eigenvalue weighted by Gasteiger charge is -2.32. The van der Waals surface area contributed by atoms with E-state index in [9.17, 15) is 18.4 Å². The largest absolute Gasteiger partial charge is 0.415 e. The van der Waals surface area contributed by atoms with Crippen molar-refractivity contribution in [3.63, 3.8) is 0 Å². The highest BCUT2D eigenvalue weighted by Gasteiger charge is 2.27. The van der Waals surface area contributed by atoms with Crippen LogP contribution in [0.5, 0.6) is 0 Å². The lowest BCUT2D eigenvalue weighted by molar-refractivity contribution is -0.129. The topological polar surface area (TPSA) is 89.4 Å². The molecule has 0 radical (unpaired) electrons. The summed E-state index contributed by atoms with van der Waals surface area (Å²) in [5.41, 5.74) is 2.97. The van der Waals surface area contributed by atoms with Crippen LogP contribution in [-0.4, -0.2) is 68.3 Å². The van der Waals surface area contributed by atoms with Crippen LogP contribution < -0.4 is 5.69 Å². The fraction of sp³-hybridized carbons (Fsp3) is 0.467. The molecule has 2 fully saturated rings. The molecule has 0 saturated carbocycles. The van der Waals surface area contributed by atoms with Gasteiger partial charge in [0.25, 0.3) is 5.89 Å². The number of carbonyl (C=O) groups is 1. The molecule has 2 aromatic carbocycles. The van der Waals surface area contributed by atoms with E-state index in [0.29, 0.717) is 13.1 Å². The second-order valence-electron chi connectivity index (χ2n) is 11.4. The van der Waals surface area contributed by atoms with Crippen molar-refractivity contribution in [3.8, 4) is 11.5 Å². The number of nitrogens with zero attached hydrogens (tertiary/aromatic N) is 6. The molecular formula is C30H33F3N6O3. The lowest BCUT2D eigenvalue weighted by atomic mass is 9.89. The number of likely N-dealkylation sites (tertiary alicyclic amines) is 2.